The molecule has 158 valence electrons. The van der Waals surface area contributed by atoms with E-state index in [0.29, 0.717) is 0 Å². The molecule has 0 aliphatic heterocycles. The molecule has 0 bridgehead atoms. The Hall–Kier alpha value is -3.57. The number of esters is 3. The van der Waals surface area contributed by atoms with Crippen LogP contribution in [0.5, 0.6) is 0 Å². The number of methoxy groups -OCH3 is 5. The zero-order valence-electron chi connectivity index (χ0n) is 16.8. The van der Waals surface area contributed by atoms with E-state index in [4.69, 9.17) is 18.9 Å². The summed E-state index contributed by atoms with van der Waals surface area (Å²) in [6.45, 7) is 0. The van der Waals surface area contributed by atoms with Crippen molar-refractivity contribution < 1.29 is 42.9 Å². The van der Waals surface area contributed by atoms with Crippen LogP contribution < -0.4 is 0 Å². The molecule has 2 aromatic heterocycles. The van der Waals surface area contributed by atoms with Gasteiger partial charge in [-0.15, -0.1) is 0 Å². The Bertz CT molecular complexity index is 1070. The third-order valence-electron chi connectivity index (χ3n) is 4.72. The molecule has 0 amide bonds. The van der Waals surface area contributed by atoms with E-state index in [1.807, 2.05) is 0 Å². The average Bonchev–Trinajstić information content (AvgIpc) is 3.23. The van der Waals surface area contributed by atoms with Crippen LogP contribution in [0.15, 0.2) is 12.1 Å². The molecule has 2 aromatic rings. The van der Waals surface area contributed by atoms with Crippen LogP contribution in [0.3, 0.4) is 0 Å². The minimum atomic E-state index is -2.09. The van der Waals surface area contributed by atoms with Crippen molar-refractivity contribution in [3.8, 4) is 11.3 Å². The highest BCUT2D eigenvalue weighted by molar-refractivity contribution is 6.14. The van der Waals surface area contributed by atoms with Gasteiger partial charge in [0.2, 0.25) is 5.78 Å². The minimum Gasteiger partial charge on any atom is -0.465 e. The number of nitrogens with one attached hydrogen (secondary N) is 1. The maximum Gasteiger partial charge on any atom is 0.356 e. The van der Waals surface area contributed by atoms with E-state index < -0.39 is 29.5 Å². The molecule has 0 saturated heterocycles. The Labute approximate surface area is 170 Å². The van der Waals surface area contributed by atoms with E-state index in [1.165, 1.54) is 27.4 Å². The van der Waals surface area contributed by atoms with Crippen LogP contribution in [-0.2, 0) is 29.5 Å². The molecule has 1 N–H and O–H groups in total. The highest BCUT2D eigenvalue weighted by Crippen LogP contribution is 2.45. The Balaban J connectivity index is 2.48. The first kappa shape index (κ1) is 21.1. The van der Waals surface area contributed by atoms with E-state index >= 15 is 0 Å². The summed E-state index contributed by atoms with van der Waals surface area (Å²) in [6, 6.07) is 2.42. The van der Waals surface area contributed by atoms with Crippen molar-refractivity contribution in [2.24, 2.45) is 0 Å². The van der Waals surface area contributed by atoms with E-state index in [9.17, 15) is 19.2 Å². The number of Topliss-reactive ketones (excluding diaryl/α,β-unsaturated/α-hetero) is 1. The van der Waals surface area contributed by atoms with Crippen molar-refractivity contribution in [3.63, 3.8) is 0 Å². The maximum absolute atomic E-state index is 13.3. The Morgan fingerprint density at radius 1 is 0.900 bits per heavy atom. The SMILES string of the molecule is COC(=O)c1cc(C(=O)OC)c2c(n1)C(OC)(OC)C(=O)c1cc(C(=O)OC)[nH]c1-2. The molecule has 1 aliphatic carbocycles. The van der Waals surface area contributed by atoms with Crippen LogP contribution in [0, 0.1) is 0 Å². The van der Waals surface area contributed by atoms with Crippen molar-refractivity contribution in [2.45, 2.75) is 5.79 Å². The molecule has 0 radical (unpaired) electrons. The predicted molar refractivity (Wildman–Crippen MR) is 98.1 cm³/mol. The lowest BCUT2D eigenvalue weighted by Gasteiger charge is -2.34. The molecule has 11 nitrogen and oxygen atoms in total. The number of rotatable bonds is 5. The number of nitrogens with zero attached hydrogens (tertiary/aromatic N) is 1. The van der Waals surface area contributed by atoms with Gasteiger partial charge in [-0.3, -0.25) is 4.79 Å². The summed E-state index contributed by atoms with van der Waals surface area (Å²) in [5.41, 5.74) is -0.430. The van der Waals surface area contributed by atoms with Crippen molar-refractivity contribution in [2.75, 3.05) is 35.5 Å². The Morgan fingerprint density at radius 2 is 1.50 bits per heavy atom. The Morgan fingerprint density at radius 3 is 2.03 bits per heavy atom. The second kappa shape index (κ2) is 7.69. The number of aromatic nitrogens is 2. The highest BCUT2D eigenvalue weighted by atomic mass is 16.7. The van der Waals surface area contributed by atoms with Gasteiger partial charge in [0.05, 0.1) is 38.2 Å². The number of pyridine rings is 1. The van der Waals surface area contributed by atoms with Crippen LogP contribution in [0.25, 0.3) is 11.3 Å². The lowest BCUT2D eigenvalue weighted by atomic mass is 9.84. The second-order valence-electron chi connectivity index (χ2n) is 6.08. The normalized spacial score (nSPS) is 13.8. The average molecular weight is 418 g/mol. The summed E-state index contributed by atoms with van der Waals surface area (Å²) in [4.78, 5) is 57.0. The van der Waals surface area contributed by atoms with Crippen LogP contribution in [0.2, 0.25) is 0 Å². The quantitative estimate of drug-likeness (QED) is 0.425. The molecule has 0 aromatic carbocycles. The smallest absolute Gasteiger partial charge is 0.356 e. The zero-order chi connectivity index (χ0) is 22.2. The number of carbonyl (C=O) groups is 4. The number of fused-ring (bicyclic) bond motifs is 3. The molecule has 0 saturated carbocycles. The largest absolute Gasteiger partial charge is 0.465 e. The fraction of sp³-hybridized carbons (Fsp3) is 0.316. The topological polar surface area (TPSA) is 143 Å². The van der Waals surface area contributed by atoms with Gasteiger partial charge in [0.1, 0.15) is 17.1 Å². The number of hydrogen-bond acceptors (Lipinski definition) is 10. The number of ether oxygens (including phenoxy) is 5. The maximum atomic E-state index is 13.3. The molecular formula is C19H18N2O9. The number of aromatic amines is 1. The number of carbonyl (C=O) groups excluding carboxylic acids is 4. The molecule has 3 rings (SSSR count). The lowest BCUT2D eigenvalue weighted by Crippen LogP contribution is -2.44. The lowest BCUT2D eigenvalue weighted by molar-refractivity contribution is -0.179. The van der Waals surface area contributed by atoms with Crippen molar-refractivity contribution in [1.82, 2.24) is 9.97 Å². The molecule has 11 heteroatoms. The van der Waals surface area contributed by atoms with E-state index in [0.717, 1.165) is 20.3 Å². The number of H-pyrrole nitrogens is 1. The summed E-state index contributed by atoms with van der Waals surface area (Å²) in [6.07, 6.45) is 0. The first-order chi connectivity index (χ1) is 14.3. The van der Waals surface area contributed by atoms with Gasteiger partial charge >= 0.3 is 17.9 Å². The van der Waals surface area contributed by atoms with E-state index in [1.54, 1.807) is 0 Å². The van der Waals surface area contributed by atoms with Crippen molar-refractivity contribution >= 4 is 23.7 Å². The van der Waals surface area contributed by atoms with Gasteiger partial charge in [-0.1, -0.05) is 0 Å². The van der Waals surface area contributed by atoms with Crippen molar-refractivity contribution in [1.29, 1.82) is 0 Å². The van der Waals surface area contributed by atoms with Crippen LogP contribution in [0.4, 0.5) is 0 Å². The first-order valence-corrected chi connectivity index (χ1v) is 8.48. The fourth-order valence-corrected chi connectivity index (χ4v) is 3.31. The van der Waals surface area contributed by atoms with Gasteiger partial charge in [0.15, 0.2) is 0 Å². The standard InChI is InChI=1S/C19H18N2O9/c1-26-16(23)8-6-11(18(25)28-3)21-14-12(8)13-9(7-10(20-13)17(24)27-2)15(22)19(14,29-4)30-5/h6-7,20H,1-5H3. The molecule has 1 aliphatic rings. The second-order valence-corrected chi connectivity index (χ2v) is 6.08. The van der Waals surface area contributed by atoms with Crippen LogP contribution >= 0.6 is 0 Å². The van der Waals surface area contributed by atoms with Gasteiger partial charge in [-0.2, -0.15) is 0 Å². The molecule has 0 fully saturated rings. The predicted octanol–water partition coefficient (Wildman–Crippen LogP) is 1.08. The van der Waals surface area contributed by atoms with Gasteiger partial charge in [-0.05, 0) is 12.1 Å². The van der Waals surface area contributed by atoms with Gasteiger partial charge in [0, 0.05) is 19.8 Å². The van der Waals surface area contributed by atoms with Crippen molar-refractivity contribution in [3.05, 3.63) is 40.3 Å². The van der Waals surface area contributed by atoms with Crippen LogP contribution in [-0.4, -0.2) is 69.2 Å². The zero-order valence-corrected chi connectivity index (χ0v) is 16.8. The molecule has 2 heterocycles. The fourth-order valence-electron chi connectivity index (χ4n) is 3.31. The van der Waals surface area contributed by atoms with Crippen LogP contribution in [0.1, 0.15) is 47.4 Å². The minimum absolute atomic E-state index is 0.00405. The molecular weight excluding hydrogens is 400 g/mol. The molecule has 0 atom stereocenters. The van der Waals surface area contributed by atoms with Gasteiger partial charge < -0.3 is 28.7 Å². The monoisotopic (exact) mass is 418 g/mol. The summed E-state index contributed by atoms with van der Waals surface area (Å²) in [7, 11) is 5.87. The van der Waals surface area contributed by atoms with Gasteiger partial charge in [0.25, 0.3) is 5.79 Å². The highest BCUT2D eigenvalue weighted by Gasteiger charge is 2.52. The summed E-state index contributed by atoms with van der Waals surface area (Å²) in [5, 5.41) is 0. The van der Waals surface area contributed by atoms with E-state index in [-0.39, 0.29) is 39.5 Å². The third-order valence-corrected chi connectivity index (χ3v) is 4.72. The van der Waals surface area contributed by atoms with Gasteiger partial charge in [-0.25, -0.2) is 19.4 Å². The summed E-state index contributed by atoms with van der Waals surface area (Å²) < 4.78 is 25.0. The molecule has 30 heavy (non-hydrogen) atoms. The summed E-state index contributed by atoms with van der Waals surface area (Å²) >= 11 is 0. The third kappa shape index (κ3) is 2.86. The first-order valence-electron chi connectivity index (χ1n) is 8.48. The number of hydrogen-bond donors (Lipinski definition) is 1. The molecule has 0 spiro atoms. The summed E-state index contributed by atoms with van der Waals surface area (Å²) in [5.74, 6) is -5.21. The Kier molecular flexibility index (Phi) is 5.42. The molecule has 0 unspecified atom stereocenters. The number of ketones is 1. The van der Waals surface area contributed by atoms with E-state index in [2.05, 4.69) is 14.7 Å².